The van der Waals surface area contributed by atoms with Gasteiger partial charge in [0.1, 0.15) is 5.75 Å². The van der Waals surface area contributed by atoms with Gasteiger partial charge in [0.2, 0.25) is 0 Å². The van der Waals surface area contributed by atoms with Crippen molar-refractivity contribution >= 4 is 17.2 Å². The number of hydrogen-bond acceptors (Lipinski definition) is 3. The molecule has 1 heterocycles. The maximum absolute atomic E-state index is 12.9. The first-order valence-corrected chi connectivity index (χ1v) is 9.17. The first kappa shape index (κ1) is 16.8. The first-order chi connectivity index (χ1) is 11.7. The molecule has 0 atom stereocenters. The van der Waals surface area contributed by atoms with E-state index in [0.29, 0.717) is 13.1 Å². The number of carbonyl (C=O) groups is 1. The molecule has 1 aromatic heterocycles. The highest BCUT2D eigenvalue weighted by Gasteiger charge is 2.21. The van der Waals surface area contributed by atoms with Crippen LogP contribution in [0.4, 0.5) is 0 Å². The van der Waals surface area contributed by atoms with Crippen LogP contribution < -0.4 is 4.74 Å². The van der Waals surface area contributed by atoms with Crippen molar-refractivity contribution in [3.8, 4) is 5.75 Å². The normalized spacial score (nSPS) is 13.2. The summed E-state index contributed by atoms with van der Waals surface area (Å²) >= 11 is 1.67. The Morgan fingerprint density at radius 3 is 2.71 bits per heavy atom. The Balaban J connectivity index is 1.77. The molecule has 2 aromatic rings. The van der Waals surface area contributed by atoms with Crippen LogP contribution in [0.3, 0.4) is 0 Å². The summed E-state index contributed by atoms with van der Waals surface area (Å²) in [5.41, 5.74) is 2.46. The number of ether oxygens (including phenoxy) is 1. The summed E-state index contributed by atoms with van der Waals surface area (Å²) < 4.78 is 5.19. The van der Waals surface area contributed by atoms with Crippen molar-refractivity contribution in [3.63, 3.8) is 0 Å². The number of nitrogens with zero attached hydrogens (tertiary/aromatic N) is 1. The van der Waals surface area contributed by atoms with Crippen LogP contribution in [0.25, 0.3) is 0 Å². The second-order valence-corrected chi connectivity index (χ2v) is 7.23. The van der Waals surface area contributed by atoms with Crippen molar-refractivity contribution in [2.45, 2.75) is 32.2 Å². The summed E-state index contributed by atoms with van der Waals surface area (Å²) in [6.07, 6.45) is 6.49. The smallest absolute Gasteiger partial charge is 0.264 e. The minimum atomic E-state index is 0.102. The van der Waals surface area contributed by atoms with E-state index in [4.69, 9.17) is 4.74 Å². The SMILES string of the molecule is C=CCN(Cc1ccc(OC)cc1)C(=O)c1cc2c(s1)CCCC2. The molecule has 24 heavy (non-hydrogen) atoms. The van der Waals surface area contributed by atoms with Gasteiger partial charge in [0.15, 0.2) is 0 Å². The largest absolute Gasteiger partial charge is 0.497 e. The molecular formula is C20H23NO2S. The Morgan fingerprint density at radius 2 is 2.04 bits per heavy atom. The highest BCUT2D eigenvalue weighted by Crippen LogP contribution is 2.30. The molecule has 1 aliphatic carbocycles. The zero-order valence-electron chi connectivity index (χ0n) is 14.1. The van der Waals surface area contributed by atoms with Crippen LogP contribution in [0.5, 0.6) is 5.75 Å². The number of rotatable bonds is 6. The number of fused-ring (bicyclic) bond motifs is 1. The van der Waals surface area contributed by atoms with Gasteiger partial charge in [0.25, 0.3) is 5.91 Å². The lowest BCUT2D eigenvalue weighted by Gasteiger charge is -2.20. The van der Waals surface area contributed by atoms with Crippen LogP contribution in [0.2, 0.25) is 0 Å². The van der Waals surface area contributed by atoms with E-state index in [1.165, 1.54) is 23.3 Å². The molecule has 4 heteroatoms. The Kier molecular flexibility index (Phi) is 5.36. The summed E-state index contributed by atoms with van der Waals surface area (Å²) in [6.45, 7) is 4.93. The van der Waals surface area contributed by atoms with E-state index in [9.17, 15) is 4.79 Å². The Labute approximate surface area is 147 Å². The lowest BCUT2D eigenvalue weighted by molar-refractivity contribution is 0.0767. The Bertz CT molecular complexity index is 694. The van der Waals surface area contributed by atoms with Crippen molar-refractivity contribution in [2.75, 3.05) is 13.7 Å². The number of hydrogen-bond donors (Lipinski definition) is 0. The highest BCUT2D eigenvalue weighted by molar-refractivity contribution is 7.14. The molecule has 1 amide bonds. The standard InChI is InChI=1S/C20H23NO2S/c1-3-12-21(14-15-8-10-17(23-2)11-9-15)20(22)19-13-16-6-4-5-7-18(16)24-19/h3,8-11,13H,1,4-7,12,14H2,2H3. The fourth-order valence-electron chi connectivity index (χ4n) is 3.08. The van der Waals surface area contributed by atoms with E-state index in [-0.39, 0.29) is 5.91 Å². The number of benzene rings is 1. The number of aryl methyl sites for hydroxylation is 2. The highest BCUT2D eigenvalue weighted by atomic mass is 32.1. The van der Waals surface area contributed by atoms with Crippen LogP contribution >= 0.6 is 11.3 Å². The first-order valence-electron chi connectivity index (χ1n) is 8.36. The lowest BCUT2D eigenvalue weighted by atomic mass is 9.99. The summed E-state index contributed by atoms with van der Waals surface area (Å²) in [4.78, 5) is 17.1. The van der Waals surface area contributed by atoms with Crippen molar-refractivity contribution in [3.05, 3.63) is 63.9 Å². The maximum atomic E-state index is 12.9. The van der Waals surface area contributed by atoms with Crippen LogP contribution in [-0.4, -0.2) is 24.5 Å². The fraction of sp³-hybridized carbons (Fsp3) is 0.350. The van der Waals surface area contributed by atoms with Gasteiger partial charge in [-0.25, -0.2) is 0 Å². The number of carbonyl (C=O) groups excluding carboxylic acids is 1. The average molecular weight is 341 g/mol. The molecule has 0 saturated carbocycles. The molecule has 3 rings (SSSR count). The van der Waals surface area contributed by atoms with Gasteiger partial charge in [-0.2, -0.15) is 0 Å². The number of methoxy groups -OCH3 is 1. The van der Waals surface area contributed by atoms with Crippen molar-refractivity contribution in [1.82, 2.24) is 4.90 Å². The minimum Gasteiger partial charge on any atom is -0.497 e. The predicted octanol–water partition coefficient (Wildman–Crippen LogP) is 4.46. The second-order valence-electron chi connectivity index (χ2n) is 6.09. The Morgan fingerprint density at radius 1 is 1.29 bits per heavy atom. The summed E-state index contributed by atoms with van der Waals surface area (Å²) in [6, 6.07) is 9.96. The topological polar surface area (TPSA) is 29.5 Å². The number of thiophene rings is 1. The third-order valence-corrected chi connectivity index (χ3v) is 5.60. The van der Waals surface area contributed by atoms with Gasteiger partial charge >= 0.3 is 0 Å². The predicted molar refractivity (Wildman–Crippen MR) is 98.9 cm³/mol. The molecule has 0 radical (unpaired) electrons. The van der Waals surface area contributed by atoms with Gasteiger partial charge in [-0.3, -0.25) is 4.79 Å². The van der Waals surface area contributed by atoms with E-state index in [1.54, 1.807) is 24.5 Å². The van der Waals surface area contributed by atoms with E-state index in [1.807, 2.05) is 29.2 Å². The van der Waals surface area contributed by atoms with Gasteiger partial charge < -0.3 is 9.64 Å². The van der Waals surface area contributed by atoms with Crippen molar-refractivity contribution in [1.29, 1.82) is 0 Å². The second kappa shape index (κ2) is 7.67. The molecule has 0 fully saturated rings. The zero-order chi connectivity index (χ0) is 16.9. The third-order valence-electron chi connectivity index (χ3n) is 4.38. The van der Waals surface area contributed by atoms with Gasteiger partial charge in [0, 0.05) is 18.0 Å². The quantitative estimate of drug-likeness (QED) is 0.726. The van der Waals surface area contributed by atoms with E-state index < -0.39 is 0 Å². The molecule has 0 unspecified atom stereocenters. The maximum Gasteiger partial charge on any atom is 0.264 e. The third kappa shape index (κ3) is 3.70. The summed E-state index contributed by atoms with van der Waals surface area (Å²) in [5, 5.41) is 0. The van der Waals surface area contributed by atoms with Crippen LogP contribution in [0.1, 0.15) is 38.5 Å². The van der Waals surface area contributed by atoms with Gasteiger partial charge in [-0.15, -0.1) is 17.9 Å². The molecule has 0 spiro atoms. The molecule has 0 saturated heterocycles. The van der Waals surface area contributed by atoms with Gasteiger partial charge in [-0.05, 0) is 55.0 Å². The average Bonchev–Trinajstić information content (AvgIpc) is 3.05. The molecular weight excluding hydrogens is 318 g/mol. The molecule has 0 N–H and O–H groups in total. The van der Waals surface area contributed by atoms with Gasteiger partial charge in [-0.1, -0.05) is 18.2 Å². The monoisotopic (exact) mass is 341 g/mol. The Hall–Kier alpha value is -2.07. The fourth-order valence-corrected chi connectivity index (χ4v) is 4.30. The van der Waals surface area contributed by atoms with E-state index >= 15 is 0 Å². The molecule has 126 valence electrons. The molecule has 0 bridgehead atoms. The molecule has 0 aliphatic heterocycles. The van der Waals surface area contributed by atoms with Crippen molar-refractivity contribution < 1.29 is 9.53 Å². The zero-order valence-corrected chi connectivity index (χ0v) is 14.9. The molecule has 1 aliphatic rings. The van der Waals surface area contributed by atoms with E-state index in [2.05, 4.69) is 12.6 Å². The number of amides is 1. The molecule has 3 nitrogen and oxygen atoms in total. The van der Waals surface area contributed by atoms with Crippen molar-refractivity contribution in [2.24, 2.45) is 0 Å². The summed E-state index contributed by atoms with van der Waals surface area (Å²) in [7, 11) is 1.65. The van der Waals surface area contributed by atoms with Crippen LogP contribution in [-0.2, 0) is 19.4 Å². The van der Waals surface area contributed by atoms with E-state index in [0.717, 1.165) is 29.0 Å². The summed E-state index contributed by atoms with van der Waals surface area (Å²) in [5.74, 6) is 0.927. The van der Waals surface area contributed by atoms with Gasteiger partial charge in [0.05, 0.1) is 12.0 Å². The minimum absolute atomic E-state index is 0.102. The lowest BCUT2D eigenvalue weighted by Crippen LogP contribution is -2.30. The molecule has 1 aromatic carbocycles. The van der Waals surface area contributed by atoms with Crippen LogP contribution in [0.15, 0.2) is 43.0 Å². The van der Waals surface area contributed by atoms with Crippen LogP contribution in [0, 0.1) is 0 Å².